The number of aromatic nitrogens is 3. The number of aromatic amines is 1. The average Bonchev–Trinajstić information content (AvgIpc) is 2.60. The van der Waals surface area contributed by atoms with E-state index in [9.17, 15) is 13.6 Å². The SMILES string of the molecule is CCc1c[nH]n2c(=O)cc(C(F)F)nc12. The van der Waals surface area contributed by atoms with Gasteiger partial charge in [-0.2, -0.15) is 0 Å². The van der Waals surface area contributed by atoms with E-state index in [-0.39, 0.29) is 5.65 Å². The predicted octanol–water partition coefficient (Wildman–Crippen LogP) is 1.52. The summed E-state index contributed by atoms with van der Waals surface area (Å²) in [5.74, 6) is 0. The molecule has 2 heterocycles. The van der Waals surface area contributed by atoms with Crippen molar-refractivity contribution in [2.45, 2.75) is 19.8 Å². The van der Waals surface area contributed by atoms with E-state index in [1.165, 1.54) is 0 Å². The maximum Gasteiger partial charge on any atom is 0.280 e. The second-order valence-corrected chi connectivity index (χ2v) is 3.13. The molecular formula is C9H9F2N3O. The molecule has 15 heavy (non-hydrogen) atoms. The highest BCUT2D eigenvalue weighted by Crippen LogP contribution is 2.16. The van der Waals surface area contributed by atoms with E-state index in [4.69, 9.17) is 0 Å². The summed E-state index contributed by atoms with van der Waals surface area (Å²) >= 11 is 0. The minimum atomic E-state index is -2.72. The topological polar surface area (TPSA) is 50.2 Å². The maximum atomic E-state index is 12.4. The Bertz CT molecular complexity index is 544. The molecule has 2 aromatic rings. The van der Waals surface area contributed by atoms with E-state index in [0.717, 1.165) is 16.1 Å². The third-order valence-electron chi connectivity index (χ3n) is 2.20. The van der Waals surface area contributed by atoms with Gasteiger partial charge in [-0.25, -0.2) is 18.3 Å². The molecule has 0 bridgehead atoms. The standard InChI is InChI=1S/C9H9F2N3O/c1-2-5-4-12-14-7(15)3-6(8(10)11)13-9(5)14/h3-4,8,12H,2H2,1H3. The summed E-state index contributed by atoms with van der Waals surface area (Å²) < 4.78 is 25.9. The molecule has 0 aliphatic carbocycles. The first-order valence-corrected chi connectivity index (χ1v) is 4.51. The maximum absolute atomic E-state index is 12.4. The molecule has 80 valence electrons. The van der Waals surface area contributed by atoms with Crippen molar-refractivity contribution >= 4 is 5.65 Å². The molecule has 2 aromatic heterocycles. The Kier molecular flexibility index (Phi) is 2.26. The fourth-order valence-electron chi connectivity index (χ4n) is 1.42. The Labute approximate surface area is 83.5 Å². The summed E-state index contributed by atoms with van der Waals surface area (Å²) in [7, 11) is 0. The number of alkyl halides is 2. The molecule has 0 aliphatic heterocycles. The van der Waals surface area contributed by atoms with E-state index < -0.39 is 17.7 Å². The first-order chi connectivity index (χ1) is 7.13. The Morgan fingerprint density at radius 3 is 2.93 bits per heavy atom. The lowest BCUT2D eigenvalue weighted by Gasteiger charge is -1.99. The van der Waals surface area contributed by atoms with Crippen molar-refractivity contribution in [2.75, 3.05) is 0 Å². The van der Waals surface area contributed by atoms with Crippen LogP contribution in [-0.2, 0) is 6.42 Å². The molecule has 6 heteroatoms. The van der Waals surface area contributed by atoms with E-state index >= 15 is 0 Å². The quantitative estimate of drug-likeness (QED) is 0.822. The van der Waals surface area contributed by atoms with Gasteiger partial charge in [-0.05, 0) is 6.42 Å². The van der Waals surface area contributed by atoms with Crippen molar-refractivity contribution in [3.05, 3.63) is 33.9 Å². The van der Waals surface area contributed by atoms with Crippen LogP contribution in [0, 0.1) is 0 Å². The smallest absolute Gasteiger partial charge is 0.280 e. The Hall–Kier alpha value is -1.72. The molecule has 0 spiro atoms. The van der Waals surface area contributed by atoms with Crippen LogP contribution in [0.15, 0.2) is 17.1 Å². The van der Waals surface area contributed by atoms with Crippen LogP contribution in [0.25, 0.3) is 5.65 Å². The number of fused-ring (bicyclic) bond motifs is 1. The van der Waals surface area contributed by atoms with Gasteiger partial charge in [0.15, 0.2) is 5.65 Å². The molecule has 0 radical (unpaired) electrons. The third-order valence-corrected chi connectivity index (χ3v) is 2.20. The van der Waals surface area contributed by atoms with Gasteiger partial charge in [0.25, 0.3) is 12.0 Å². The molecule has 0 aliphatic rings. The molecule has 2 rings (SSSR count). The molecule has 0 amide bonds. The van der Waals surface area contributed by atoms with E-state index in [1.54, 1.807) is 6.20 Å². The molecule has 1 N–H and O–H groups in total. The van der Waals surface area contributed by atoms with Gasteiger partial charge in [0, 0.05) is 17.8 Å². The molecule has 0 saturated heterocycles. The second-order valence-electron chi connectivity index (χ2n) is 3.13. The van der Waals surface area contributed by atoms with Gasteiger partial charge < -0.3 is 0 Å². The molecule has 0 unspecified atom stereocenters. The monoisotopic (exact) mass is 213 g/mol. The van der Waals surface area contributed by atoms with Crippen LogP contribution in [0.4, 0.5) is 8.78 Å². The van der Waals surface area contributed by atoms with Crippen LogP contribution in [0.1, 0.15) is 24.6 Å². The number of halogens is 2. The summed E-state index contributed by atoms with van der Waals surface area (Å²) in [5.41, 5.74) is 0.0270. The van der Waals surface area contributed by atoms with Gasteiger partial charge in [-0.15, -0.1) is 0 Å². The predicted molar refractivity (Wildman–Crippen MR) is 50.1 cm³/mol. The summed E-state index contributed by atoms with van der Waals surface area (Å²) in [6.07, 6.45) is -0.493. The highest BCUT2D eigenvalue weighted by molar-refractivity contribution is 5.46. The van der Waals surface area contributed by atoms with Gasteiger partial charge in [-0.1, -0.05) is 6.92 Å². The second kappa shape index (κ2) is 3.45. The summed E-state index contributed by atoms with van der Waals surface area (Å²) in [4.78, 5) is 15.1. The first-order valence-electron chi connectivity index (χ1n) is 4.51. The van der Waals surface area contributed by atoms with Crippen molar-refractivity contribution in [2.24, 2.45) is 0 Å². The van der Waals surface area contributed by atoms with E-state index in [0.29, 0.717) is 6.42 Å². The summed E-state index contributed by atoms with van der Waals surface area (Å²) in [6, 6.07) is 0.841. The third kappa shape index (κ3) is 1.51. The molecule has 0 atom stereocenters. The lowest BCUT2D eigenvalue weighted by atomic mass is 10.2. The fraction of sp³-hybridized carbons (Fsp3) is 0.333. The van der Waals surface area contributed by atoms with Gasteiger partial charge in [0.05, 0.1) is 0 Å². The summed E-state index contributed by atoms with van der Waals surface area (Å²) in [6.45, 7) is 1.87. The molecule has 0 aromatic carbocycles. The van der Waals surface area contributed by atoms with E-state index in [1.807, 2.05) is 6.92 Å². The Morgan fingerprint density at radius 1 is 1.60 bits per heavy atom. The minimum Gasteiger partial charge on any atom is -0.297 e. The first kappa shape index (κ1) is 9.82. The van der Waals surface area contributed by atoms with Crippen LogP contribution in [0.2, 0.25) is 0 Å². The van der Waals surface area contributed by atoms with Crippen LogP contribution >= 0.6 is 0 Å². The highest BCUT2D eigenvalue weighted by atomic mass is 19.3. The lowest BCUT2D eigenvalue weighted by molar-refractivity contribution is 0.146. The number of nitrogens with zero attached hydrogens (tertiary/aromatic N) is 2. The van der Waals surface area contributed by atoms with Gasteiger partial charge in [0.2, 0.25) is 0 Å². The average molecular weight is 213 g/mol. The number of hydrogen-bond acceptors (Lipinski definition) is 2. The number of H-pyrrole nitrogens is 1. The van der Waals surface area contributed by atoms with Gasteiger partial charge in [-0.3, -0.25) is 9.89 Å². The number of rotatable bonds is 2. The molecular weight excluding hydrogens is 204 g/mol. The van der Waals surface area contributed by atoms with Gasteiger partial charge in [0.1, 0.15) is 5.69 Å². The zero-order valence-corrected chi connectivity index (χ0v) is 8.00. The minimum absolute atomic E-state index is 0.278. The van der Waals surface area contributed by atoms with Gasteiger partial charge >= 0.3 is 0 Å². The van der Waals surface area contributed by atoms with Crippen LogP contribution in [0.3, 0.4) is 0 Å². The zero-order valence-electron chi connectivity index (χ0n) is 8.00. The number of aryl methyl sites for hydroxylation is 1. The van der Waals surface area contributed by atoms with Crippen molar-refractivity contribution < 1.29 is 8.78 Å². The lowest BCUT2D eigenvalue weighted by Crippen LogP contribution is -2.15. The molecule has 0 fully saturated rings. The van der Waals surface area contributed by atoms with E-state index in [2.05, 4.69) is 10.1 Å². The van der Waals surface area contributed by atoms with Crippen LogP contribution in [0.5, 0.6) is 0 Å². The van der Waals surface area contributed by atoms with Crippen molar-refractivity contribution in [3.8, 4) is 0 Å². The largest absolute Gasteiger partial charge is 0.297 e. The number of nitrogens with one attached hydrogen (secondary N) is 1. The highest BCUT2D eigenvalue weighted by Gasteiger charge is 2.13. The fourth-order valence-corrected chi connectivity index (χ4v) is 1.42. The van der Waals surface area contributed by atoms with Crippen LogP contribution < -0.4 is 5.56 Å². The zero-order chi connectivity index (χ0) is 11.0. The summed E-state index contributed by atoms with van der Waals surface area (Å²) in [5, 5.41) is 2.67. The Balaban J connectivity index is 2.77. The Morgan fingerprint density at radius 2 is 2.33 bits per heavy atom. The van der Waals surface area contributed by atoms with Crippen molar-refractivity contribution in [1.82, 2.24) is 14.6 Å². The van der Waals surface area contributed by atoms with Crippen molar-refractivity contribution in [1.29, 1.82) is 0 Å². The van der Waals surface area contributed by atoms with Crippen molar-refractivity contribution in [3.63, 3.8) is 0 Å². The normalized spacial score (nSPS) is 11.5. The molecule has 4 nitrogen and oxygen atoms in total. The van der Waals surface area contributed by atoms with Crippen LogP contribution in [-0.4, -0.2) is 14.6 Å². The molecule has 0 saturated carbocycles. The number of hydrogen-bond donors (Lipinski definition) is 1.